The molecule has 6 heteroatoms. The van der Waals surface area contributed by atoms with E-state index in [1.807, 2.05) is 0 Å². The number of benzene rings is 1. The molecule has 0 heterocycles. The van der Waals surface area contributed by atoms with Gasteiger partial charge in [0.15, 0.2) is 0 Å². The zero-order valence-electron chi connectivity index (χ0n) is 8.54. The van der Waals surface area contributed by atoms with Gasteiger partial charge < -0.3 is 10.8 Å². The SMILES string of the molecule is CSc1c(F)cc(CC(N)C(=O)O)cc1Br. The Morgan fingerprint density at radius 2 is 2.31 bits per heavy atom. The summed E-state index contributed by atoms with van der Waals surface area (Å²) in [6.45, 7) is 0. The number of hydrogen-bond acceptors (Lipinski definition) is 3. The van der Waals surface area contributed by atoms with Gasteiger partial charge in [-0.3, -0.25) is 4.79 Å². The average molecular weight is 308 g/mol. The van der Waals surface area contributed by atoms with E-state index in [0.29, 0.717) is 14.9 Å². The third kappa shape index (κ3) is 3.20. The second-order valence-corrected chi connectivity index (χ2v) is 4.91. The lowest BCUT2D eigenvalue weighted by Gasteiger charge is -2.09. The molecule has 3 nitrogen and oxygen atoms in total. The summed E-state index contributed by atoms with van der Waals surface area (Å²) >= 11 is 4.52. The molecule has 0 aliphatic carbocycles. The number of nitrogens with two attached hydrogens (primary N) is 1. The lowest BCUT2D eigenvalue weighted by Crippen LogP contribution is -2.32. The van der Waals surface area contributed by atoms with Crippen LogP contribution in [0.25, 0.3) is 0 Å². The molecule has 1 aromatic rings. The van der Waals surface area contributed by atoms with Crippen LogP contribution in [-0.2, 0) is 11.2 Å². The van der Waals surface area contributed by atoms with Crippen molar-refractivity contribution in [1.82, 2.24) is 0 Å². The van der Waals surface area contributed by atoms with E-state index in [9.17, 15) is 9.18 Å². The molecule has 1 aromatic carbocycles. The first-order chi connectivity index (χ1) is 7.45. The summed E-state index contributed by atoms with van der Waals surface area (Å²) in [5.41, 5.74) is 5.94. The number of hydrogen-bond donors (Lipinski definition) is 2. The minimum Gasteiger partial charge on any atom is -0.480 e. The summed E-state index contributed by atoms with van der Waals surface area (Å²) < 4.78 is 14.1. The van der Waals surface area contributed by atoms with Crippen molar-refractivity contribution in [2.45, 2.75) is 17.4 Å². The number of halogens is 2. The van der Waals surface area contributed by atoms with Gasteiger partial charge >= 0.3 is 5.97 Å². The molecule has 0 amide bonds. The van der Waals surface area contributed by atoms with E-state index >= 15 is 0 Å². The molecule has 0 spiro atoms. The Morgan fingerprint density at radius 3 is 2.75 bits per heavy atom. The Hall–Kier alpha value is -0.590. The maximum Gasteiger partial charge on any atom is 0.320 e. The van der Waals surface area contributed by atoms with Crippen molar-refractivity contribution in [1.29, 1.82) is 0 Å². The van der Waals surface area contributed by atoms with Crippen LogP contribution in [-0.4, -0.2) is 23.4 Å². The minimum absolute atomic E-state index is 0.111. The Morgan fingerprint density at radius 1 is 1.69 bits per heavy atom. The topological polar surface area (TPSA) is 63.3 Å². The normalized spacial score (nSPS) is 12.5. The highest BCUT2D eigenvalue weighted by Gasteiger charge is 2.15. The fourth-order valence-corrected chi connectivity index (χ4v) is 2.74. The average Bonchev–Trinajstić information content (AvgIpc) is 2.16. The summed E-state index contributed by atoms with van der Waals surface area (Å²) in [6.07, 6.45) is 1.88. The molecular weight excluding hydrogens is 297 g/mol. The first-order valence-corrected chi connectivity index (χ1v) is 6.47. The third-order valence-corrected chi connectivity index (χ3v) is 3.75. The first kappa shape index (κ1) is 13.5. The smallest absolute Gasteiger partial charge is 0.320 e. The molecule has 16 heavy (non-hydrogen) atoms. The molecule has 0 bridgehead atoms. The summed E-state index contributed by atoms with van der Waals surface area (Å²) in [5.74, 6) is -1.46. The van der Waals surface area contributed by atoms with Crippen molar-refractivity contribution >= 4 is 33.7 Å². The second kappa shape index (κ2) is 5.65. The summed E-state index contributed by atoms with van der Waals surface area (Å²) in [7, 11) is 0. The molecule has 0 fully saturated rings. The maximum atomic E-state index is 13.5. The van der Waals surface area contributed by atoms with Crippen LogP contribution in [0.5, 0.6) is 0 Å². The minimum atomic E-state index is -1.09. The third-order valence-electron chi connectivity index (χ3n) is 2.04. The number of rotatable bonds is 4. The molecule has 3 N–H and O–H groups in total. The summed E-state index contributed by atoms with van der Waals surface area (Å²) in [6, 6.07) is 2.00. The largest absolute Gasteiger partial charge is 0.480 e. The molecule has 0 radical (unpaired) electrons. The van der Waals surface area contributed by atoms with E-state index in [2.05, 4.69) is 15.9 Å². The Labute approximate surface area is 105 Å². The van der Waals surface area contributed by atoms with Crippen LogP contribution in [0.15, 0.2) is 21.5 Å². The standard InChI is InChI=1S/C10H11BrFNO2S/c1-16-9-6(11)2-5(3-7(9)12)4-8(13)10(14)15/h2-3,8H,4,13H2,1H3,(H,14,15). The fraction of sp³-hybridized carbons (Fsp3) is 0.300. The van der Waals surface area contributed by atoms with Crippen molar-refractivity contribution in [3.63, 3.8) is 0 Å². The number of carbonyl (C=O) groups is 1. The van der Waals surface area contributed by atoms with E-state index in [0.717, 1.165) is 0 Å². The van der Waals surface area contributed by atoms with Crippen molar-refractivity contribution < 1.29 is 14.3 Å². The molecule has 0 saturated carbocycles. The number of aliphatic carboxylic acids is 1. The monoisotopic (exact) mass is 307 g/mol. The van der Waals surface area contributed by atoms with Crippen molar-refractivity contribution in [2.24, 2.45) is 5.73 Å². The van der Waals surface area contributed by atoms with E-state index in [4.69, 9.17) is 10.8 Å². The van der Waals surface area contributed by atoms with Gasteiger partial charge in [0.1, 0.15) is 11.9 Å². The van der Waals surface area contributed by atoms with E-state index < -0.39 is 12.0 Å². The van der Waals surface area contributed by atoms with Crippen molar-refractivity contribution in [2.75, 3.05) is 6.26 Å². The van der Waals surface area contributed by atoms with Crippen LogP contribution in [0.1, 0.15) is 5.56 Å². The number of carboxylic acids is 1. The Kier molecular flexibility index (Phi) is 4.76. The van der Waals surface area contributed by atoms with Gasteiger partial charge in [0.05, 0.1) is 4.90 Å². The molecule has 0 aliphatic rings. The number of thioether (sulfide) groups is 1. The molecule has 0 aliphatic heterocycles. The highest BCUT2D eigenvalue weighted by molar-refractivity contribution is 9.10. The first-order valence-electron chi connectivity index (χ1n) is 4.46. The molecular formula is C10H11BrFNO2S. The zero-order valence-corrected chi connectivity index (χ0v) is 10.9. The van der Waals surface area contributed by atoms with Gasteiger partial charge in [0.2, 0.25) is 0 Å². The fourth-order valence-electron chi connectivity index (χ4n) is 1.27. The zero-order chi connectivity index (χ0) is 12.3. The molecule has 0 saturated heterocycles. The van der Waals surface area contributed by atoms with E-state index in [1.165, 1.54) is 17.8 Å². The van der Waals surface area contributed by atoms with E-state index in [1.54, 1.807) is 12.3 Å². The van der Waals surface area contributed by atoms with Crippen LogP contribution in [0.2, 0.25) is 0 Å². The maximum absolute atomic E-state index is 13.5. The molecule has 1 rings (SSSR count). The Balaban J connectivity index is 2.96. The van der Waals surface area contributed by atoms with Crippen molar-refractivity contribution in [3.05, 3.63) is 28.0 Å². The van der Waals surface area contributed by atoms with Crippen LogP contribution >= 0.6 is 27.7 Å². The van der Waals surface area contributed by atoms with Crippen LogP contribution in [0, 0.1) is 5.82 Å². The number of carboxylic acid groups (broad SMARTS) is 1. The molecule has 1 unspecified atom stereocenters. The lowest BCUT2D eigenvalue weighted by atomic mass is 10.1. The quantitative estimate of drug-likeness (QED) is 0.838. The predicted octanol–water partition coefficient (Wildman–Crippen LogP) is 2.26. The van der Waals surface area contributed by atoms with Gasteiger partial charge in [-0.25, -0.2) is 4.39 Å². The van der Waals surface area contributed by atoms with Gasteiger partial charge in [-0.05, 0) is 46.3 Å². The predicted molar refractivity (Wildman–Crippen MR) is 65.2 cm³/mol. The highest BCUT2D eigenvalue weighted by atomic mass is 79.9. The van der Waals surface area contributed by atoms with Gasteiger partial charge in [0.25, 0.3) is 0 Å². The van der Waals surface area contributed by atoms with Crippen LogP contribution < -0.4 is 5.73 Å². The molecule has 1 atom stereocenters. The second-order valence-electron chi connectivity index (χ2n) is 3.24. The highest BCUT2D eigenvalue weighted by Crippen LogP contribution is 2.30. The lowest BCUT2D eigenvalue weighted by molar-refractivity contribution is -0.138. The molecule has 0 aromatic heterocycles. The van der Waals surface area contributed by atoms with Crippen molar-refractivity contribution in [3.8, 4) is 0 Å². The van der Waals surface area contributed by atoms with Gasteiger partial charge in [-0.15, -0.1) is 11.8 Å². The summed E-state index contributed by atoms with van der Waals surface area (Å²) in [5, 5.41) is 8.65. The van der Waals surface area contributed by atoms with Crippen LogP contribution in [0.3, 0.4) is 0 Å². The van der Waals surface area contributed by atoms with Gasteiger partial charge in [-0.2, -0.15) is 0 Å². The van der Waals surface area contributed by atoms with Crippen LogP contribution in [0.4, 0.5) is 4.39 Å². The molecule has 88 valence electrons. The summed E-state index contributed by atoms with van der Waals surface area (Å²) in [4.78, 5) is 11.1. The van der Waals surface area contributed by atoms with Gasteiger partial charge in [-0.1, -0.05) is 0 Å². The van der Waals surface area contributed by atoms with E-state index in [-0.39, 0.29) is 12.2 Å². The van der Waals surface area contributed by atoms with Gasteiger partial charge in [0, 0.05) is 4.47 Å². The Bertz CT molecular complexity index is 391.